The lowest BCUT2D eigenvalue weighted by molar-refractivity contribution is 0.0529. The van der Waals surface area contributed by atoms with Gasteiger partial charge < -0.3 is 14.6 Å². The highest BCUT2D eigenvalue weighted by molar-refractivity contribution is 7.15. The number of nitrogens with zero attached hydrogens (tertiary/aromatic N) is 1. The van der Waals surface area contributed by atoms with Crippen molar-refractivity contribution in [2.45, 2.75) is 40.7 Å². The summed E-state index contributed by atoms with van der Waals surface area (Å²) in [5.41, 5.74) is 5.90. The van der Waals surface area contributed by atoms with Gasteiger partial charge in [0.1, 0.15) is 16.3 Å². The first kappa shape index (κ1) is 22.8. The molecular formula is C27H28N2O3S. The van der Waals surface area contributed by atoms with Gasteiger partial charge in [-0.05, 0) is 56.0 Å². The second-order valence-corrected chi connectivity index (χ2v) is 8.70. The van der Waals surface area contributed by atoms with Gasteiger partial charge in [0.05, 0.1) is 6.61 Å². The van der Waals surface area contributed by atoms with Crippen molar-refractivity contribution in [2.24, 2.45) is 0 Å². The zero-order chi connectivity index (χ0) is 23.5. The van der Waals surface area contributed by atoms with E-state index in [2.05, 4.69) is 30.4 Å². The molecule has 4 rings (SSSR count). The van der Waals surface area contributed by atoms with E-state index in [4.69, 9.17) is 4.74 Å². The molecule has 0 aliphatic carbocycles. The summed E-state index contributed by atoms with van der Waals surface area (Å²) >= 11 is 1.34. The van der Waals surface area contributed by atoms with Crippen LogP contribution in [0.1, 0.15) is 52.7 Å². The normalized spacial score (nSPS) is 11.0. The number of nitrogens with one attached hydrogen (secondary N) is 1. The van der Waals surface area contributed by atoms with Gasteiger partial charge in [-0.1, -0.05) is 43.3 Å². The second-order valence-electron chi connectivity index (χ2n) is 7.82. The van der Waals surface area contributed by atoms with Crippen molar-refractivity contribution in [1.29, 1.82) is 0 Å². The fraction of sp³-hybridized carbons (Fsp3) is 0.259. The minimum Gasteiger partial charge on any atom is -0.462 e. The lowest BCUT2D eigenvalue weighted by Crippen LogP contribution is -2.19. The van der Waals surface area contributed by atoms with Crippen LogP contribution < -0.4 is 5.32 Å². The molecule has 0 aliphatic rings. The first-order valence-corrected chi connectivity index (χ1v) is 12.1. The Hall–Kier alpha value is -3.38. The Morgan fingerprint density at radius 1 is 1.06 bits per heavy atom. The number of hydrogen-bond acceptors (Lipinski definition) is 4. The highest BCUT2D eigenvalue weighted by atomic mass is 32.1. The van der Waals surface area contributed by atoms with E-state index in [0.717, 1.165) is 34.0 Å². The predicted octanol–water partition coefficient (Wildman–Crippen LogP) is 6.69. The number of ether oxygens (including phenoxy) is 1. The maximum atomic E-state index is 13.5. The number of fused-ring (bicyclic) bond motifs is 1. The van der Waals surface area contributed by atoms with Gasteiger partial charge in [0.2, 0.25) is 0 Å². The van der Waals surface area contributed by atoms with Crippen molar-refractivity contribution < 1.29 is 14.3 Å². The Morgan fingerprint density at radius 3 is 2.48 bits per heavy atom. The molecule has 1 amide bonds. The molecule has 33 heavy (non-hydrogen) atoms. The van der Waals surface area contributed by atoms with Crippen LogP contribution in [-0.4, -0.2) is 23.1 Å². The van der Waals surface area contributed by atoms with E-state index in [1.54, 1.807) is 6.92 Å². The van der Waals surface area contributed by atoms with Crippen molar-refractivity contribution in [3.8, 4) is 11.1 Å². The Morgan fingerprint density at radius 2 is 1.82 bits per heavy atom. The smallest absolute Gasteiger partial charge is 0.341 e. The van der Waals surface area contributed by atoms with Crippen LogP contribution in [0.25, 0.3) is 22.0 Å². The summed E-state index contributed by atoms with van der Waals surface area (Å²) in [6.07, 6.45) is 0.939. The predicted molar refractivity (Wildman–Crippen MR) is 135 cm³/mol. The molecule has 6 heteroatoms. The number of amides is 1. The molecule has 0 saturated carbocycles. The van der Waals surface area contributed by atoms with Crippen molar-refractivity contribution in [1.82, 2.24) is 4.57 Å². The maximum Gasteiger partial charge on any atom is 0.341 e. The quantitative estimate of drug-likeness (QED) is 0.313. The standard InChI is InChI=1S/C27H28N2O3S/c1-5-18-13-14-22-20(15-18)17(4)24(29(22)6-2)25(30)28-26-23(27(31)32-7-3)21(16-33-26)19-11-9-8-10-12-19/h8-16H,5-7H2,1-4H3,(H,28,30). The van der Waals surface area contributed by atoms with Gasteiger partial charge in [0, 0.05) is 28.4 Å². The zero-order valence-electron chi connectivity index (χ0n) is 19.4. The van der Waals surface area contributed by atoms with Crippen molar-refractivity contribution >= 4 is 39.1 Å². The molecule has 0 unspecified atom stereocenters. The zero-order valence-corrected chi connectivity index (χ0v) is 20.2. The van der Waals surface area contributed by atoms with E-state index >= 15 is 0 Å². The summed E-state index contributed by atoms with van der Waals surface area (Å²) < 4.78 is 7.37. The Labute approximate surface area is 198 Å². The number of carbonyl (C=O) groups is 2. The number of anilines is 1. The van der Waals surface area contributed by atoms with E-state index < -0.39 is 5.97 Å². The molecule has 0 atom stereocenters. The third-order valence-corrected chi connectivity index (χ3v) is 6.80. The van der Waals surface area contributed by atoms with E-state index in [1.165, 1.54) is 16.9 Å². The number of thiophene rings is 1. The minimum atomic E-state index is -0.437. The molecule has 0 saturated heterocycles. The third kappa shape index (κ3) is 4.18. The first-order chi connectivity index (χ1) is 16.0. The second kappa shape index (κ2) is 9.63. The van der Waals surface area contributed by atoms with Gasteiger partial charge in [-0.15, -0.1) is 11.3 Å². The van der Waals surface area contributed by atoms with Crippen LogP contribution >= 0.6 is 11.3 Å². The monoisotopic (exact) mass is 460 g/mol. The Balaban J connectivity index is 1.78. The number of aryl methyl sites for hydroxylation is 3. The molecule has 2 heterocycles. The van der Waals surface area contributed by atoms with Crippen LogP contribution in [0.4, 0.5) is 5.00 Å². The largest absolute Gasteiger partial charge is 0.462 e. The Kier molecular flexibility index (Phi) is 6.65. The van der Waals surface area contributed by atoms with Crippen molar-refractivity contribution in [3.63, 3.8) is 0 Å². The summed E-state index contributed by atoms with van der Waals surface area (Å²) in [6.45, 7) is 8.85. The van der Waals surface area contributed by atoms with Gasteiger partial charge in [-0.3, -0.25) is 4.79 Å². The molecule has 4 aromatic rings. The number of hydrogen-bond donors (Lipinski definition) is 1. The molecule has 1 N–H and O–H groups in total. The lowest BCUT2D eigenvalue weighted by atomic mass is 10.0. The fourth-order valence-corrected chi connectivity index (χ4v) is 5.21. The molecular weight excluding hydrogens is 432 g/mol. The van der Waals surface area contributed by atoms with Crippen LogP contribution in [-0.2, 0) is 17.7 Å². The van der Waals surface area contributed by atoms with E-state index in [1.807, 2.05) is 54.1 Å². The third-order valence-electron chi connectivity index (χ3n) is 5.90. The minimum absolute atomic E-state index is 0.226. The van der Waals surface area contributed by atoms with Gasteiger partial charge in [0.25, 0.3) is 5.91 Å². The summed E-state index contributed by atoms with van der Waals surface area (Å²) in [4.78, 5) is 26.4. The van der Waals surface area contributed by atoms with Gasteiger partial charge in [0.15, 0.2) is 0 Å². The number of aromatic nitrogens is 1. The summed E-state index contributed by atoms with van der Waals surface area (Å²) in [6, 6.07) is 16.0. The lowest BCUT2D eigenvalue weighted by Gasteiger charge is -2.11. The average Bonchev–Trinajstić information content (AvgIpc) is 3.37. The van der Waals surface area contributed by atoms with Crippen LogP contribution in [0, 0.1) is 6.92 Å². The number of esters is 1. The fourth-order valence-electron chi connectivity index (χ4n) is 4.26. The number of benzene rings is 2. The molecule has 5 nitrogen and oxygen atoms in total. The summed E-state index contributed by atoms with van der Waals surface area (Å²) in [5, 5.41) is 6.50. The van der Waals surface area contributed by atoms with Crippen molar-refractivity contribution in [2.75, 3.05) is 11.9 Å². The van der Waals surface area contributed by atoms with Gasteiger partial charge in [-0.25, -0.2) is 4.79 Å². The maximum absolute atomic E-state index is 13.5. The van der Waals surface area contributed by atoms with Crippen LogP contribution in [0.15, 0.2) is 53.9 Å². The van der Waals surface area contributed by atoms with E-state index in [-0.39, 0.29) is 12.5 Å². The van der Waals surface area contributed by atoms with Crippen LogP contribution in [0.5, 0.6) is 0 Å². The first-order valence-electron chi connectivity index (χ1n) is 11.3. The molecule has 0 aliphatic heterocycles. The molecule has 0 radical (unpaired) electrons. The number of carbonyl (C=O) groups excluding carboxylic acids is 2. The highest BCUT2D eigenvalue weighted by Crippen LogP contribution is 2.37. The van der Waals surface area contributed by atoms with Crippen LogP contribution in [0.2, 0.25) is 0 Å². The summed E-state index contributed by atoms with van der Waals surface area (Å²) in [5.74, 6) is -0.663. The van der Waals surface area contributed by atoms with Crippen molar-refractivity contribution in [3.05, 3.63) is 76.3 Å². The number of rotatable bonds is 7. The average molecular weight is 461 g/mol. The molecule has 2 aromatic heterocycles. The molecule has 2 aromatic carbocycles. The molecule has 170 valence electrons. The molecule has 0 bridgehead atoms. The van der Waals surface area contributed by atoms with Crippen LogP contribution in [0.3, 0.4) is 0 Å². The van der Waals surface area contributed by atoms with Gasteiger partial charge >= 0.3 is 5.97 Å². The molecule has 0 fully saturated rings. The SMILES string of the molecule is CCOC(=O)c1c(-c2ccccc2)csc1NC(=O)c1c(C)c2cc(CC)ccc2n1CC. The highest BCUT2D eigenvalue weighted by Gasteiger charge is 2.25. The summed E-state index contributed by atoms with van der Waals surface area (Å²) in [7, 11) is 0. The van der Waals surface area contributed by atoms with E-state index in [9.17, 15) is 9.59 Å². The topological polar surface area (TPSA) is 60.3 Å². The van der Waals surface area contributed by atoms with E-state index in [0.29, 0.717) is 22.8 Å². The Bertz CT molecular complexity index is 1320. The van der Waals surface area contributed by atoms with Gasteiger partial charge in [-0.2, -0.15) is 0 Å². The molecule has 0 spiro atoms.